The first-order chi connectivity index (χ1) is 39.1. The highest BCUT2D eigenvalue weighted by atomic mass is 31.2. The maximum atomic E-state index is 13.0. The molecule has 3 unspecified atom stereocenters. The fourth-order valence-corrected chi connectivity index (χ4v) is 10.8. The lowest BCUT2D eigenvalue weighted by molar-refractivity contribution is -0.161. The van der Waals surface area contributed by atoms with Gasteiger partial charge in [-0.2, -0.15) is 0 Å². The lowest BCUT2D eigenvalue weighted by atomic mass is 10.0. The lowest BCUT2D eigenvalue weighted by Gasteiger charge is -2.21. The number of unbranched alkanes of at least 4 members (excludes halogenated alkanes) is 26. The molecule has 0 saturated heterocycles. The number of phosphoric acid groups is 2. The van der Waals surface area contributed by atoms with Gasteiger partial charge in [0.1, 0.15) is 19.3 Å². The van der Waals surface area contributed by atoms with Crippen LogP contribution in [0.3, 0.4) is 0 Å². The molecule has 0 aromatic carbocycles. The van der Waals surface area contributed by atoms with E-state index in [0.717, 1.165) is 115 Å². The van der Waals surface area contributed by atoms with Crippen LogP contribution in [-0.4, -0.2) is 96.7 Å². The molecule has 82 heavy (non-hydrogen) atoms. The molecule has 0 aromatic rings. The van der Waals surface area contributed by atoms with Crippen molar-refractivity contribution in [1.29, 1.82) is 0 Å². The van der Waals surface area contributed by atoms with Gasteiger partial charge in [-0.3, -0.25) is 37.3 Å². The summed E-state index contributed by atoms with van der Waals surface area (Å²) in [5.74, 6) is 0.695. The number of esters is 4. The van der Waals surface area contributed by atoms with Gasteiger partial charge in [0.2, 0.25) is 0 Å². The van der Waals surface area contributed by atoms with Crippen molar-refractivity contribution in [2.45, 2.75) is 318 Å². The molecule has 0 aliphatic heterocycles. The summed E-state index contributed by atoms with van der Waals surface area (Å²) in [7, 11) is -9.89. The van der Waals surface area contributed by atoms with E-state index in [1.165, 1.54) is 89.9 Å². The molecular weight excluding hydrogens is 1090 g/mol. The standard InChI is InChI=1S/C63H122O17P2/c1-53(2)39-31-23-15-10-9-11-18-29-37-45-62(67)79-58(49-73-60(65)43-35-27-20-14-17-25-33-41-55(5)6)51-77-81(69,70)75-47-57(64)48-76-82(71,72)78-52-59(50-74-61(66)44-36-28-22-21-26-34-42-56(7)8)80-63(68)46-38-30-19-13-12-16-24-32-40-54(3)4/h53-59,64H,9-52H2,1-8H3,(H,69,70)(H,71,72)/t57?,58-,59-/m1/s1. The predicted molar refractivity (Wildman–Crippen MR) is 326 cm³/mol. The van der Waals surface area contributed by atoms with Crippen molar-refractivity contribution in [1.82, 2.24) is 0 Å². The van der Waals surface area contributed by atoms with Crippen LogP contribution < -0.4 is 0 Å². The van der Waals surface area contributed by atoms with Gasteiger partial charge in [0.25, 0.3) is 0 Å². The lowest BCUT2D eigenvalue weighted by Crippen LogP contribution is -2.30. The van der Waals surface area contributed by atoms with Gasteiger partial charge >= 0.3 is 39.5 Å². The smallest absolute Gasteiger partial charge is 0.462 e. The number of carbonyl (C=O) groups is 4. The van der Waals surface area contributed by atoms with Crippen LogP contribution in [0.1, 0.15) is 299 Å². The zero-order valence-electron chi connectivity index (χ0n) is 53.1. The molecule has 486 valence electrons. The van der Waals surface area contributed by atoms with E-state index in [4.69, 9.17) is 37.0 Å². The molecule has 0 aromatic heterocycles. The highest BCUT2D eigenvalue weighted by Gasteiger charge is 2.30. The van der Waals surface area contributed by atoms with Crippen molar-refractivity contribution in [2.75, 3.05) is 39.6 Å². The van der Waals surface area contributed by atoms with Crippen LogP contribution in [0, 0.1) is 23.7 Å². The van der Waals surface area contributed by atoms with E-state index in [1.807, 2.05) is 0 Å². The minimum Gasteiger partial charge on any atom is -0.462 e. The third-order valence-electron chi connectivity index (χ3n) is 14.3. The molecule has 0 bridgehead atoms. The summed E-state index contributed by atoms with van der Waals surface area (Å²) in [6, 6.07) is 0. The van der Waals surface area contributed by atoms with Gasteiger partial charge in [0.15, 0.2) is 12.2 Å². The van der Waals surface area contributed by atoms with Crippen LogP contribution in [0.4, 0.5) is 0 Å². The van der Waals surface area contributed by atoms with Gasteiger partial charge in [0.05, 0.1) is 26.4 Å². The second kappa shape index (κ2) is 53.3. The molecule has 0 spiro atoms. The van der Waals surface area contributed by atoms with Crippen molar-refractivity contribution in [3.8, 4) is 0 Å². The second-order valence-corrected chi connectivity index (χ2v) is 27.6. The van der Waals surface area contributed by atoms with Gasteiger partial charge in [-0.1, -0.05) is 248 Å². The van der Waals surface area contributed by atoms with Crippen molar-refractivity contribution in [3.05, 3.63) is 0 Å². The zero-order valence-corrected chi connectivity index (χ0v) is 54.9. The molecule has 0 heterocycles. The third kappa shape index (κ3) is 57.2. The van der Waals surface area contributed by atoms with E-state index in [1.54, 1.807) is 0 Å². The Labute approximate surface area is 498 Å². The Hall–Kier alpha value is -1.94. The Morgan fingerprint density at radius 3 is 0.756 bits per heavy atom. The number of phosphoric ester groups is 2. The summed E-state index contributed by atoms with van der Waals surface area (Å²) in [6.07, 6.45) is 32.4. The number of carbonyl (C=O) groups excluding carboxylic acids is 4. The van der Waals surface area contributed by atoms with E-state index >= 15 is 0 Å². The molecule has 0 rings (SSSR count). The number of ether oxygens (including phenoxy) is 4. The van der Waals surface area contributed by atoms with E-state index in [2.05, 4.69) is 55.4 Å². The number of hydrogen-bond acceptors (Lipinski definition) is 15. The largest absolute Gasteiger partial charge is 0.472 e. The first kappa shape index (κ1) is 80.1. The van der Waals surface area contributed by atoms with Crippen LogP contribution in [-0.2, 0) is 65.4 Å². The number of hydrogen-bond donors (Lipinski definition) is 3. The average molecular weight is 1210 g/mol. The molecule has 0 aliphatic carbocycles. The van der Waals surface area contributed by atoms with Crippen molar-refractivity contribution < 1.29 is 80.2 Å². The molecule has 3 N–H and O–H groups in total. The van der Waals surface area contributed by atoms with Gasteiger partial charge in [-0.25, -0.2) is 9.13 Å². The second-order valence-electron chi connectivity index (χ2n) is 24.7. The first-order valence-corrected chi connectivity index (χ1v) is 35.7. The number of rotatable bonds is 60. The van der Waals surface area contributed by atoms with Crippen molar-refractivity contribution in [3.63, 3.8) is 0 Å². The monoisotopic (exact) mass is 1210 g/mol. The highest BCUT2D eigenvalue weighted by Crippen LogP contribution is 2.45. The van der Waals surface area contributed by atoms with E-state index in [9.17, 15) is 43.2 Å². The number of aliphatic hydroxyl groups excluding tert-OH is 1. The third-order valence-corrected chi connectivity index (χ3v) is 16.2. The summed E-state index contributed by atoms with van der Waals surface area (Å²) in [5.41, 5.74) is 0. The Kier molecular flexibility index (Phi) is 52.0. The Morgan fingerprint density at radius 1 is 0.305 bits per heavy atom. The maximum absolute atomic E-state index is 13.0. The minimum absolute atomic E-state index is 0.103. The highest BCUT2D eigenvalue weighted by molar-refractivity contribution is 7.47. The number of aliphatic hydroxyl groups is 1. The summed E-state index contributed by atoms with van der Waals surface area (Å²) in [4.78, 5) is 72.1. The quantitative estimate of drug-likeness (QED) is 0.0222. The Bertz CT molecular complexity index is 1640. The maximum Gasteiger partial charge on any atom is 0.472 e. The normalized spacial score (nSPS) is 14.5. The molecule has 19 heteroatoms. The molecule has 0 amide bonds. The molecule has 17 nitrogen and oxygen atoms in total. The van der Waals surface area contributed by atoms with Crippen LogP contribution in [0.25, 0.3) is 0 Å². The van der Waals surface area contributed by atoms with Gasteiger partial charge in [-0.15, -0.1) is 0 Å². The van der Waals surface area contributed by atoms with Gasteiger partial charge < -0.3 is 33.8 Å². The van der Waals surface area contributed by atoms with Gasteiger partial charge in [0, 0.05) is 25.7 Å². The molecule has 0 aliphatic rings. The van der Waals surface area contributed by atoms with E-state index in [-0.39, 0.29) is 25.7 Å². The zero-order chi connectivity index (χ0) is 61.1. The van der Waals surface area contributed by atoms with Crippen LogP contribution in [0.2, 0.25) is 0 Å². The summed E-state index contributed by atoms with van der Waals surface area (Å²) in [6.45, 7) is 13.9. The molecule has 5 atom stereocenters. The molecule has 0 fully saturated rings. The SMILES string of the molecule is CC(C)CCCCCCCCCCCC(=O)O[C@H](COC(=O)CCCCCCCCCC(C)C)COP(=O)(O)OCC(O)COP(=O)(O)OC[C@@H](COC(=O)CCCCCCCCC(C)C)OC(=O)CCCCCCCCCCC(C)C. The topological polar surface area (TPSA) is 237 Å². The minimum atomic E-state index is -4.94. The summed E-state index contributed by atoms with van der Waals surface area (Å²) < 4.78 is 67.9. The first-order valence-electron chi connectivity index (χ1n) is 32.7. The fourth-order valence-electron chi connectivity index (χ4n) is 9.25. The Balaban J connectivity index is 5.25. The summed E-state index contributed by atoms with van der Waals surface area (Å²) in [5, 5.41) is 10.5. The average Bonchev–Trinajstić information content (AvgIpc) is 3.41. The fraction of sp³-hybridized carbons (Fsp3) is 0.937. The van der Waals surface area contributed by atoms with E-state index < -0.39 is 97.5 Å². The van der Waals surface area contributed by atoms with Gasteiger partial charge in [-0.05, 0) is 49.4 Å². The predicted octanol–water partition coefficient (Wildman–Crippen LogP) is 17.0. The van der Waals surface area contributed by atoms with Crippen molar-refractivity contribution in [2.24, 2.45) is 23.7 Å². The van der Waals surface area contributed by atoms with Crippen LogP contribution in [0.15, 0.2) is 0 Å². The van der Waals surface area contributed by atoms with Crippen LogP contribution >= 0.6 is 15.6 Å². The van der Waals surface area contributed by atoms with E-state index in [0.29, 0.717) is 37.5 Å². The van der Waals surface area contributed by atoms with Crippen molar-refractivity contribution >= 4 is 39.5 Å². The Morgan fingerprint density at radius 2 is 0.512 bits per heavy atom. The molecule has 0 saturated carbocycles. The summed E-state index contributed by atoms with van der Waals surface area (Å²) >= 11 is 0. The molecular formula is C63H122O17P2. The van der Waals surface area contributed by atoms with Crippen LogP contribution in [0.5, 0.6) is 0 Å². The molecule has 0 radical (unpaired) electrons.